The normalized spacial score (nSPS) is 10.8. The molecule has 1 N–H and O–H groups in total. The zero-order valence-corrected chi connectivity index (χ0v) is 9.52. The lowest BCUT2D eigenvalue weighted by Crippen LogP contribution is -2.36. The van der Waals surface area contributed by atoms with Crippen molar-refractivity contribution in [3.8, 4) is 0 Å². The molecule has 0 fully saturated rings. The van der Waals surface area contributed by atoms with Gasteiger partial charge in [-0.15, -0.1) is 13.2 Å². The van der Waals surface area contributed by atoms with Gasteiger partial charge in [0.15, 0.2) is 0 Å². The van der Waals surface area contributed by atoms with Crippen molar-refractivity contribution < 1.29 is 8.42 Å². The summed E-state index contributed by atoms with van der Waals surface area (Å²) >= 11 is 0. The number of sulfonamides is 1. The quantitative estimate of drug-likeness (QED) is 0.533. The molecule has 0 bridgehead atoms. The van der Waals surface area contributed by atoms with Gasteiger partial charge in [0.2, 0.25) is 10.0 Å². The van der Waals surface area contributed by atoms with E-state index >= 15 is 0 Å². The minimum Gasteiger partial charge on any atom is -0.290 e. The van der Waals surface area contributed by atoms with E-state index in [1.807, 2.05) is 18.7 Å². The fourth-order valence-electron chi connectivity index (χ4n) is 0.656. The summed E-state index contributed by atoms with van der Waals surface area (Å²) in [5.41, 5.74) is 0. The highest BCUT2D eigenvalue weighted by molar-refractivity contribution is 7.88. The number of nitrogens with one attached hydrogen (secondary N) is 1. The Hall–Kier alpha value is -0.390. The highest BCUT2D eigenvalue weighted by Gasteiger charge is 2.02. The number of hydrogen-bond acceptors (Lipinski definition) is 3. The van der Waals surface area contributed by atoms with E-state index in [0.29, 0.717) is 6.67 Å². The summed E-state index contributed by atoms with van der Waals surface area (Å²) in [6.07, 6.45) is 1.16. The lowest BCUT2D eigenvalue weighted by atomic mass is 10.6. The Morgan fingerprint density at radius 1 is 1.23 bits per heavy atom. The van der Waals surface area contributed by atoms with Gasteiger partial charge in [0, 0.05) is 0 Å². The third-order valence-corrected chi connectivity index (χ3v) is 2.10. The van der Waals surface area contributed by atoms with Crippen molar-refractivity contribution in [1.29, 1.82) is 0 Å². The Balaban J connectivity index is 0. The van der Waals surface area contributed by atoms with Crippen LogP contribution in [0, 0.1) is 0 Å². The molecule has 80 valence electrons. The SMILES string of the molecule is C=C.CCN(CC)CNS(C)(=O)=O. The van der Waals surface area contributed by atoms with Crippen LogP contribution in [-0.2, 0) is 10.0 Å². The van der Waals surface area contributed by atoms with Crippen molar-refractivity contribution in [3.63, 3.8) is 0 Å². The second-order valence-electron chi connectivity index (χ2n) is 2.38. The monoisotopic (exact) mass is 208 g/mol. The van der Waals surface area contributed by atoms with Crippen LogP contribution in [0.15, 0.2) is 13.2 Å². The minimum atomic E-state index is -3.03. The Labute approximate surface area is 81.7 Å². The van der Waals surface area contributed by atoms with Crippen LogP contribution in [0.2, 0.25) is 0 Å². The fourth-order valence-corrected chi connectivity index (χ4v) is 1.07. The molecule has 4 nitrogen and oxygen atoms in total. The van der Waals surface area contributed by atoms with Gasteiger partial charge in [0.05, 0.1) is 12.9 Å². The Morgan fingerprint density at radius 3 is 1.85 bits per heavy atom. The van der Waals surface area contributed by atoms with Crippen LogP contribution in [0.5, 0.6) is 0 Å². The maximum Gasteiger partial charge on any atom is 0.209 e. The van der Waals surface area contributed by atoms with E-state index in [1.165, 1.54) is 0 Å². The van der Waals surface area contributed by atoms with E-state index in [2.05, 4.69) is 17.9 Å². The lowest BCUT2D eigenvalue weighted by Gasteiger charge is -2.17. The van der Waals surface area contributed by atoms with Crippen LogP contribution in [0.4, 0.5) is 0 Å². The first kappa shape index (κ1) is 15.1. The predicted molar refractivity (Wildman–Crippen MR) is 57.0 cm³/mol. The number of nitrogens with zero attached hydrogens (tertiary/aromatic N) is 1. The van der Waals surface area contributed by atoms with E-state index in [0.717, 1.165) is 19.3 Å². The molecule has 0 amide bonds. The minimum absolute atomic E-state index is 0.409. The van der Waals surface area contributed by atoms with Gasteiger partial charge >= 0.3 is 0 Å². The molecule has 0 spiro atoms. The molecular weight excluding hydrogens is 188 g/mol. The predicted octanol–water partition coefficient (Wildman–Crippen LogP) is 0.637. The van der Waals surface area contributed by atoms with Gasteiger partial charge in [0.1, 0.15) is 0 Å². The third-order valence-electron chi connectivity index (χ3n) is 1.44. The van der Waals surface area contributed by atoms with E-state index in [9.17, 15) is 8.42 Å². The van der Waals surface area contributed by atoms with Gasteiger partial charge < -0.3 is 0 Å². The summed E-state index contributed by atoms with van der Waals surface area (Å²) in [7, 11) is -3.03. The summed E-state index contributed by atoms with van der Waals surface area (Å²) in [5.74, 6) is 0. The van der Waals surface area contributed by atoms with E-state index in [1.54, 1.807) is 0 Å². The zero-order chi connectivity index (χ0) is 10.9. The molecule has 0 atom stereocenters. The van der Waals surface area contributed by atoms with Gasteiger partial charge in [-0.2, -0.15) is 0 Å². The van der Waals surface area contributed by atoms with Crippen LogP contribution in [0.1, 0.15) is 13.8 Å². The van der Waals surface area contributed by atoms with Crippen LogP contribution in [-0.4, -0.2) is 39.3 Å². The molecule has 0 aliphatic carbocycles. The van der Waals surface area contributed by atoms with Crippen molar-refractivity contribution in [1.82, 2.24) is 9.62 Å². The van der Waals surface area contributed by atoms with E-state index in [4.69, 9.17) is 0 Å². The highest BCUT2D eigenvalue weighted by Crippen LogP contribution is 1.84. The van der Waals surface area contributed by atoms with E-state index in [-0.39, 0.29) is 0 Å². The number of rotatable bonds is 5. The Morgan fingerprint density at radius 2 is 1.62 bits per heavy atom. The van der Waals surface area contributed by atoms with E-state index < -0.39 is 10.0 Å². The summed E-state index contributed by atoms with van der Waals surface area (Å²) in [6.45, 7) is 12.1. The molecule has 0 rings (SSSR count). The molecule has 0 heterocycles. The molecule has 0 saturated carbocycles. The van der Waals surface area contributed by atoms with Crippen molar-refractivity contribution in [2.24, 2.45) is 0 Å². The standard InChI is InChI=1S/C6H16N2O2S.C2H4/c1-4-8(5-2)6-7-11(3,9)10;1-2/h7H,4-6H2,1-3H3;1-2H2. The topological polar surface area (TPSA) is 49.4 Å². The molecule has 0 aromatic carbocycles. The molecule has 0 aromatic rings. The summed E-state index contributed by atoms with van der Waals surface area (Å²) < 4.78 is 23.7. The third kappa shape index (κ3) is 11.6. The van der Waals surface area contributed by atoms with Gasteiger partial charge in [-0.3, -0.25) is 4.90 Å². The highest BCUT2D eigenvalue weighted by atomic mass is 32.2. The molecule has 0 unspecified atom stereocenters. The first-order valence-electron chi connectivity index (χ1n) is 4.16. The second-order valence-corrected chi connectivity index (χ2v) is 4.21. The fraction of sp³-hybridized carbons (Fsp3) is 0.750. The molecule has 0 radical (unpaired) electrons. The van der Waals surface area contributed by atoms with Crippen molar-refractivity contribution >= 4 is 10.0 Å². The van der Waals surface area contributed by atoms with Crippen molar-refractivity contribution in [2.75, 3.05) is 26.0 Å². The summed E-state index contributed by atoms with van der Waals surface area (Å²) in [6, 6.07) is 0. The average Bonchev–Trinajstić information content (AvgIpc) is 2.08. The largest absolute Gasteiger partial charge is 0.290 e. The van der Waals surface area contributed by atoms with Crippen LogP contribution in [0.25, 0.3) is 0 Å². The smallest absolute Gasteiger partial charge is 0.209 e. The van der Waals surface area contributed by atoms with Crippen molar-refractivity contribution in [3.05, 3.63) is 13.2 Å². The maximum absolute atomic E-state index is 10.6. The maximum atomic E-state index is 10.6. The molecule has 0 aromatic heterocycles. The number of hydrogen-bond donors (Lipinski definition) is 1. The zero-order valence-electron chi connectivity index (χ0n) is 8.71. The lowest BCUT2D eigenvalue weighted by molar-refractivity contribution is 0.300. The Bertz CT molecular complexity index is 198. The van der Waals surface area contributed by atoms with Crippen LogP contribution < -0.4 is 4.72 Å². The summed E-state index contributed by atoms with van der Waals surface area (Å²) in [4.78, 5) is 1.99. The average molecular weight is 208 g/mol. The molecular formula is C8H20N2O2S. The molecule has 0 aliphatic heterocycles. The first-order chi connectivity index (χ1) is 5.99. The van der Waals surface area contributed by atoms with Crippen LogP contribution >= 0.6 is 0 Å². The molecule has 0 saturated heterocycles. The van der Waals surface area contributed by atoms with Gasteiger partial charge in [0.25, 0.3) is 0 Å². The second kappa shape index (κ2) is 8.22. The molecule has 13 heavy (non-hydrogen) atoms. The van der Waals surface area contributed by atoms with Gasteiger partial charge in [-0.05, 0) is 13.1 Å². The summed E-state index contributed by atoms with van der Waals surface area (Å²) in [5, 5.41) is 0. The van der Waals surface area contributed by atoms with Crippen molar-refractivity contribution in [2.45, 2.75) is 13.8 Å². The van der Waals surface area contributed by atoms with Gasteiger partial charge in [-0.1, -0.05) is 13.8 Å². The molecule has 5 heteroatoms. The van der Waals surface area contributed by atoms with Gasteiger partial charge in [-0.25, -0.2) is 13.1 Å². The Kier molecular flexibility index (Phi) is 9.55. The first-order valence-corrected chi connectivity index (χ1v) is 6.05. The molecule has 0 aliphatic rings. The van der Waals surface area contributed by atoms with Crippen LogP contribution in [0.3, 0.4) is 0 Å².